The van der Waals surface area contributed by atoms with E-state index in [2.05, 4.69) is 26.1 Å². The number of aromatic amines is 1. The van der Waals surface area contributed by atoms with Gasteiger partial charge in [0.2, 0.25) is 0 Å². The van der Waals surface area contributed by atoms with E-state index < -0.39 is 0 Å². The molecule has 2 aromatic carbocycles. The molecule has 2 N–H and O–H groups in total. The molecule has 27 heavy (non-hydrogen) atoms. The summed E-state index contributed by atoms with van der Waals surface area (Å²) in [7, 11) is 0. The highest BCUT2D eigenvalue weighted by atomic mass is 19.1. The summed E-state index contributed by atoms with van der Waals surface area (Å²) in [6.45, 7) is 3.98. The topological polar surface area (TPSA) is 58.5 Å². The van der Waals surface area contributed by atoms with E-state index in [4.69, 9.17) is 4.98 Å². The van der Waals surface area contributed by atoms with Gasteiger partial charge in [0.15, 0.2) is 5.82 Å². The Morgan fingerprint density at radius 1 is 1.15 bits per heavy atom. The Kier molecular flexibility index (Phi) is 3.53. The van der Waals surface area contributed by atoms with Gasteiger partial charge in [-0.3, -0.25) is 5.10 Å². The van der Waals surface area contributed by atoms with Crippen LogP contribution in [-0.2, 0) is 6.42 Å². The Morgan fingerprint density at radius 3 is 2.85 bits per heavy atom. The van der Waals surface area contributed by atoms with Gasteiger partial charge in [-0.2, -0.15) is 5.10 Å². The number of anilines is 2. The van der Waals surface area contributed by atoms with Crippen LogP contribution in [0.3, 0.4) is 0 Å². The Morgan fingerprint density at radius 2 is 2.04 bits per heavy atom. The van der Waals surface area contributed by atoms with Gasteiger partial charge >= 0.3 is 0 Å². The predicted molar refractivity (Wildman–Crippen MR) is 104 cm³/mol. The zero-order valence-electron chi connectivity index (χ0n) is 15.3. The van der Waals surface area contributed by atoms with Gasteiger partial charge in [0, 0.05) is 17.4 Å². The Bertz CT molecular complexity index is 1160. The van der Waals surface area contributed by atoms with Gasteiger partial charge in [0.05, 0.1) is 17.1 Å². The minimum absolute atomic E-state index is 0.114. The zero-order chi connectivity index (χ0) is 18.5. The zero-order valence-corrected chi connectivity index (χ0v) is 15.3. The maximum atomic E-state index is 13.9. The third kappa shape index (κ3) is 2.68. The average molecular weight is 361 g/mol. The Labute approximate surface area is 156 Å². The highest BCUT2D eigenvalue weighted by Crippen LogP contribution is 2.38. The van der Waals surface area contributed by atoms with E-state index in [9.17, 15) is 4.39 Å². The first-order valence-corrected chi connectivity index (χ1v) is 9.14. The molecule has 0 spiro atoms. The summed E-state index contributed by atoms with van der Waals surface area (Å²) < 4.78 is 16.1. The van der Waals surface area contributed by atoms with Crippen molar-refractivity contribution < 1.29 is 4.39 Å². The fraction of sp³-hybridized carbons (Fsp3) is 0.238. The molecule has 6 heteroatoms. The molecule has 1 atom stereocenters. The summed E-state index contributed by atoms with van der Waals surface area (Å²) in [6.07, 6.45) is 1.92. The van der Waals surface area contributed by atoms with Crippen molar-refractivity contribution in [2.45, 2.75) is 32.7 Å². The molecule has 0 aliphatic heterocycles. The number of hydrogen-bond acceptors (Lipinski definition) is 3. The third-order valence-corrected chi connectivity index (χ3v) is 5.31. The van der Waals surface area contributed by atoms with Crippen molar-refractivity contribution in [3.63, 3.8) is 0 Å². The summed E-state index contributed by atoms with van der Waals surface area (Å²) in [4.78, 5) is 4.72. The lowest BCUT2D eigenvalue weighted by Crippen LogP contribution is -2.09. The minimum atomic E-state index is -0.181. The summed E-state index contributed by atoms with van der Waals surface area (Å²) >= 11 is 0. The molecule has 2 heterocycles. The number of hydrogen-bond donors (Lipinski definition) is 2. The normalized spacial score (nSPS) is 16.0. The maximum absolute atomic E-state index is 13.9. The molecule has 0 saturated heterocycles. The number of imidazole rings is 1. The van der Waals surface area contributed by atoms with Crippen LogP contribution in [0.15, 0.2) is 42.5 Å². The molecule has 0 fully saturated rings. The first kappa shape index (κ1) is 16.1. The molecular weight excluding hydrogens is 341 g/mol. The van der Waals surface area contributed by atoms with E-state index in [1.165, 1.54) is 5.56 Å². The number of aromatic nitrogens is 4. The van der Waals surface area contributed by atoms with E-state index in [-0.39, 0.29) is 11.9 Å². The van der Waals surface area contributed by atoms with Gasteiger partial charge in [-0.05, 0) is 68.1 Å². The monoisotopic (exact) mass is 361 g/mol. The van der Waals surface area contributed by atoms with Gasteiger partial charge in [0.25, 0.3) is 0 Å². The molecule has 1 aliphatic rings. The van der Waals surface area contributed by atoms with Crippen LogP contribution in [0.5, 0.6) is 0 Å². The van der Waals surface area contributed by atoms with E-state index in [0.717, 1.165) is 52.5 Å². The largest absolute Gasteiger partial charge is 0.339 e. The van der Waals surface area contributed by atoms with E-state index in [1.807, 2.05) is 38.1 Å². The number of aryl methyl sites for hydroxylation is 3. The number of H-pyrrole nitrogens is 1. The lowest BCUT2D eigenvalue weighted by atomic mass is 10.1. The number of nitrogens with one attached hydrogen (secondary N) is 2. The third-order valence-electron chi connectivity index (χ3n) is 5.31. The van der Waals surface area contributed by atoms with Gasteiger partial charge in [-0.1, -0.05) is 6.07 Å². The fourth-order valence-electron chi connectivity index (χ4n) is 4.13. The molecule has 0 amide bonds. The second kappa shape index (κ2) is 5.94. The fourth-order valence-corrected chi connectivity index (χ4v) is 4.13. The molecule has 5 nitrogen and oxygen atoms in total. The Hall–Kier alpha value is -3.15. The van der Waals surface area contributed by atoms with Crippen molar-refractivity contribution in [2.24, 2.45) is 0 Å². The average Bonchev–Trinajstić information content (AvgIpc) is 3.31. The SMILES string of the molecule is Cc1cc(Nc2ccc3nc(C)n([C@@H]4CCc5ccc(F)cc54)c3c2)n[nH]1. The summed E-state index contributed by atoms with van der Waals surface area (Å²) in [5, 5.41) is 10.5. The molecule has 2 aromatic heterocycles. The summed E-state index contributed by atoms with van der Waals surface area (Å²) in [5.74, 6) is 1.54. The first-order valence-electron chi connectivity index (χ1n) is 9.14. The lowest BCUT2D eigenvalue weighted by molar-refractivity contribution is 0.573. The molecule has 0 saturated carbocycles. The van der Waals surface area contributed by atoms with Crippen LogP contribution in [0.25, 0.3) is 11.0 Å². The number of nitrogens with zero attached hydrogens (tertiary/aromatic N) is 3. The molecular formula is C21H20FN5. The van der Waals surface area contributed by atoms with Crippen LogP contribution in [0.1, 0.15) is 35.1 Å². The van der Waals surface area contributed by atoms with Gasteiger partial charge < -0.3 is 9.88 Å². The van der Waals surface area contributed by atoms with Crippen molar-refractivity contribution in [1.82, 2.24) is 19.7 Å². The summed E-state index contributed by atoms with van der Waals surface area (Å²) in [5.41, 5.74) is 6.24. The summed E-state index contributed by atoms with van der Waals surface area (Å²) in [6, 6.07) is 13.3. The number of benzene rings is 2. The van der Waals surface area contributed by atoms with Crippen LogP contribution < -0.4 is 5.32 Å². The van der Waals surface area contributed by atoms with Gasteiger partial charge in [0.1, 0.15) is 11.6 Å². The van der Waals surface area contributed by atoms with Crippen molar-refractivity contribution in [3.05, 3.63) is 70.9 Å². The van der Waals surface area contributed by atoms with Crippen molar-refractivity contribution in [1.29, 1.82) is 0 Å². The molecule has 0 bridgehead atoms. The number of rotatable bonds is 3. The second-order valence-electron chi connectivity index (χ2n) is 7.19. The molecule has 0 unspecified atom stereocenters. The highest BCUT2D eigenvalue weighted by molar-refractivity contribution is 5.81. The molecule has 4 aromatic rings. The van der Waals surface area contributed by atoms with Crippen LogP contribution >= 0.6 is 0 Å². The van der Waals surface area contributed by atoms with Crippen molar-refractivity contribution >= 4 is 22.5 Å². The van der Waals surface area contributed by atoms with Crippen LogP contribution in [0.2, 0.25) is 0 Å². The van der Waals surface area contributed by atoms with E-state index in [1.54, 1.807) is 12.1 Å². The molecule has 0 radical (unpaired) electrons. The second-order valence-corrected chi connectivity index (χ2v) is 7.19. The Balaban J connectivity index is 1.60. The number of halogens is 1. The smallest absolute Gasteiger partial charge is 0.152 e. The predicted octanol–water partition coefficient (Wildman–Crippen LogP) is 4.79. The van der Waals surface area contributed by atoms with Crippen molar-refractivity contribution in [3.8, 4) is 0 Å². The van der Waals surface area contributed by atoms with Crippen LogP contribution in [0.4, 0.5) is 15.9 Å². The lowest BCUT2D eigenvalue weighted by Gasteiger charge is -2.17. The molecule has 136 valence electrons. The van der Waals surface area contributed by atoms with Crippen LogP contribution in [-0.4, -0.2) is 19.7 Å². The van der Waals surface area contributed by atoms with E-state index in [0.29, 0.717) is 0 Å². The van der Waals surface area contributed by atoms with E-state index >= 15 is 0 Å². The quantitative estimate of drug-likeness (QED) is 0.551. The number of fused-ring (bicyclic) bond motifs is 2. The minimum Gasteiger partial charge on any atom is -0.339 e. The maximum Gasteiger partial charge on any atom is 0.152 e. The van der Waals surface area contributed by atoms with Gasteiger partial charge in [-0.25, -0.2) is 9.37 Å². The molecule has 1 aliphatic carbocycles. The highest BCUT2D eigenvalue weighted by Gasteiger charge is 2.27. The first-order chi connectivity index (χ1) is 13.1. The van der Waals surface area contributed by atoms with Crippen LogP contribution in [0, 0.1) is 19.7 Å². The van der Waals surface area contributed by atoms with Gasteiger partial charge in [-0.15, -0.1) is 0 Å². The van der Waals surface area contributed by atoms with Crippen molar-refractivity contribution in [2.75, 3.05) is 5.32 Å². The molecule has 5 rings (SSSR count). The standard InChI is InChI=1S/C21H20FN5/c1-12-9-21(26-25-12)24-16-6-7-18-20(11-16)27(13(2)23-18)19-8-4-14-3-5-15(22)10-17(14)19/h3,5-7,9-11,19H,4,8H2,1-2H3,(H2,24,25,26)/t19-/m1/s1.